The van der Waals surface area contributed by atoms with Crippen LogP contribution in [0.5, 0.6) is 0 Å². The summed E-state index contributed by atoms with van der Waals surface area (Å²) in [6, 6.07) is -0.744. The van der Waals surface area contributed by atoms with Gasteiger partial charge in [-0.15, -0.1) is 0 Å². The molecule has 1 unspecified atom stereocenters. The Bertz CT molecular complexity index is 520. The Morgan fingerprint density at radius 1 is 0.926 bits per heavy atom. The summed E-state index contributed by atoms with van der Waals surface area (Å²) < 4.78 is 10.7. The fourth-order valence-electron chi connectivity index (χ4n) is 3.96. The van der Waals surface area contributed by atoms with Gasteiger partial charge in [-0.3, -0.25) is 9.59 Å². The van der Waals surface area contributed by atoms with Crippen LogP contribution in [-0.2, 0) is 23.9 Å². The SMILES string of the molecule is COC(CCCC[C@@H](OC)C(=O)N1CCCC1)C(=O)N1CCC[C@@H]1C(=O)O. The summed E-state index contributed by atoms with van der Waals surface area (Å²) in [5.41, 5.74) is 0. The summed E-state index contributed by atoms with van der Waals surface area (Å²) in [5.74, 6) is -1.16. The van der Waals surface area contributed by atoms with Crippen molar-refractivity contribution in [1.82, 2.24) is 9.80 Å². The molecule has 0 aliphatic carbocycles. The van der Waals surface area contributed by atoms with Gasteiger partial charge >= 0.3 is 5.97 Å². The minimum Gasteiger partial charge on any atom is -0.480 e. The third-order valence-corrected chi connectivity index (χ3v) is 5.54. The average molecular weight is 384 g/mol. The highest BCUT2D eigenvalue weighted by atomic mass is 16.5. The van der Waals surface area contributed by atoms with Crippen LogP contribution in [0.25, 0.3) is 0 Å². The van der Waals surface area contributed by atoms with E-state index in [1.165, 1.54) is 12.0 Å². The quantitative estimate of drug-likeness (QED) is 0.570. The minimum absolute atomic E-state index is 0.0516. The summed E-state index contributed by atoms with van der Waals surface area (Å²) in [6.45, 7) is 2.07. The summed E-state index contributed by atoms with van der Waals surface area (Å²) in [5, 5.41) is 9.25. The summed E-state index contributed by atoms with van der Waals surface area (Å²) in [6.07, 6.45) is 4.79. The predicted molar refractivity (Wildman–Crippen MR) is 98.2 cm³/mol. The molecular formula is C19H32N2O6. The number of nitrogens with zero attached hydrogens (tertiary/aromatic N) is 2. The first-order valence-corrected chi connectivity index (χ1v) is 9.87. The number of carbonyl (C=O) groups is 3. The van der Waals surface area contributed by atoms with E-state index in [1.807, 2.05) is 4.90 Å². The van der Waals surface area contributed by atoms with Crippen LogP contribution in [0, 0.1) is 0 Å². The van der Waals surface area contributed by atoms with Crippen LogP contribution in [0.3, 0.4) is 0 Å². The molecule has 0 spiro atoms. The van der Waals surface area contributed by atoms with Gasteiger partial charge in [0.25, 0.3) is 11.8 Å². The largest absolute Gasteiger partial charge is 0.480 e. The van der Waals surface area contributed by atoms with Crippen LogP contribution in [0.2, 0.25) is 0 Å². The van der Waals surface area contributed by atoms with Crippen LogP contribution in [-0.4, -0.2) is 84.8 Å². The van der Waals surface area contributed by atoms with Crippen molar-refractivity contribution in [3.63, 3.8) is 0 Å². The number of carbonyl (C=O) groups excluding carboxylic acids is 2. The van der Waals surface area contributed by atoms with Crippen molar-refractivity contribution in [2.45, 2.75) is 69.6 Å². The van der Waals surface area contributed by atoms with Crippen molar-refractivity contribution in [2.75, 3.05) is 33.9 Å². The van der Waals surface area contributed by atoms with Crippen molar-refractivity contribution in [3.05, 3.63) is 0 Å². The third kappa shape index (κ3) is 5.65. The molecule has 27 heavy (non-hydrogen) atoms. The Labute approximate surface area is 160 Å². The van der Waals surface area contributed by atoms with Gasteiger partial charge in [0.1, 0.15) is 18.2 Å². The highest BCUT2D eigenvalue weighted by molar-refractivity contribution is 5.87. The molecule has 1 N–H and O–H groups in total. The zero-order valence-corrected chi connectivity index (χ0v) is 16.4. The molecule has 2 fully saturated rings. The number of rotatable bonds is 10. The van der Waals surface area contributed by atoms with E-state index in [0.717, 1.165) is 32.4 Å². The van der Waals surface area contributed by atoms with Crippen LogP contribution in [0.4, 0.5) is 0 Å². The third-order valence-electron chi connectivity index (χ3n) is 5.54. The van der Waals surface area contributed by atoms with Crippen molar-refractivity contribution >= 4 is 17.8 Å². The zero-order chi connectivity index (χ0) is 19.8. The molecule has 0 saturated carbocycles. The van der Waals surface area contributed by atoms with E-state index in [1.54, 1.807) is 7.11 Å². The van der Waals surface area contributed by atoms with Crippen LogP contribution >= 0.6 is 0 Å². The highest BCUT2D eigenvalue weighted by Gasteiger charge is 2.37. The van der Waals surface area contributed by atoms with Gasteiger partial charge in [0.15, 0.2) is 0 Å². The Morgan fingerprint density at radius 3 is 2.00 bits per heavy atom. The Hall–Kier alpha value is -1.67. The van der Waals surface area contributed by atoms with E-state index in [9.17, 15) is 19.5 Å². The first-order chi connectivity index (χ1) is 13.0. The lowest BCUT2D eigenvalue weighted by molar-refractivity contribution is -0.153. The maximum atomic E-state index is 12.6. The second kappa shape index (κ2) is 10.6. The zero-order valence-electron chi connectivity index (χ0n) is 16.4. The van der Waals surface area contributed by atoms with E-state index < -0.39 is 24.2 Å². The molecular weight excluding hydrogens is 352 g/mol. The first-order valence-electron chi connectivity index (χ1n) is 9.87. The number of ether oxygens (including phenoxy) is 2. The lowest BCUT2D eigenvalue weighted by Gasteiger charge is -2.26. The van der Waals surface area contributed by atoms with Gasteiger partial charge in [0, 0.05) is 33.9 Å². The van der Waals surface area contributed by atoms with Gasteiger partial charge in [-0.1, -0.05) is 12.8 Å². The lowest BCUT2D eigenvalue weighted by Crippen LogP contribution is -2.46. The van der Waals surface area contributed by atoms with Gasteiger partial charge < -0.3 is 24.4 Å². The Balaban J connectivity index is 1.77. The normalized spacial score (nSPS) is 22.1. The Morgan fingerprint density at radius 2 is 1.48 bits per heavy atom. The maximum Gasteiger partial charge on any atom is 0.326 e. The molecule has 0 aromatic carbocycles. The van der Waals surface area contributed by atoms with E-state index in [0.29, 0.717) is 38.6 Å². The monoisotopic (exact) mass is 384 g/mol. The standard InChI is InChI=1S/C19H32N2O6/c1-26-15(17(22)20-11-5-6-12-20)9-3-4-10-16(27-2)18(23)21-13-7-8-14(21)19(24)25/h14-16H,3-13H2,1-2H3,(H,24,25)/t14-,15-,16?/m1/s1. The molecule has 0 radical (unpaired) electrons. The van der Waals surface area contributed by atoms with Crippen molar-refractivity contribution in [1.29, 1.82) is 0 Å². The molecule has 0 bridgehead atoms. The fourth-order valence-corrected chi connectivity index (χ4v) is 3.96. The topological polar surface area (TPSA) is 96.4 Å². The second-order valence-corrected chi connectivity index (χ2v) is 7.29. The smallest absolute Gasteiger partial charge is 0.326 e. The maximum absolute atomic E-state index is 12.6. The second-order valence-electron chi connectivity index (χ2n) is 7.29. The van der Waals surface area contributed by atoms with Crippen LogP contribution in [0.1, 0.15) is 51.4 Å². The number of likely N-dealkylation sites (tertiary alicyclic amines) is 2. The molecule has 2 aliphatic heterocycles. The minimum atomic E-state index is -0.959. The molecule has 154 valence electrons. The number of carboxylic acid groups (broad SMARTS) is 1. The van der Waals surface area contributed by atoms with Gasteiger partial charge in [-0.25, -0.2) is 4.79 Å². The number of carboxylic acids is 1. The summed E-state index contributed by atoms with van der Waals surface area (Å²) in [7, 11) is 3.03. The number of hydrogen-bond donors (Lipinski definition) is 1. The van der Waals surface area contributed by atoms with Gasteiger partial charge in [-0.05, 0) is 38.5 Å². The fraction of sp³-hybridized carbons (Fsp3) is 0.842. The predicted octanol–water partition coefficient (Wildman–Crippen LogP) is 1.27. The number of aliphatic carboxylic acids is 1. The van der Waals surface area contributed by atoms with Crippen molar-refractivity contribution < 1.29 is 29.0 Å². The number of unbranched alkanes of at least 4 members (excludes halogenated alkanes) is 1. The molecule has 3 atom stereocenters. The van der Waals surface area contributed by atoms with Crippen LogP contribution in [0.15, 0.2) is 0 Å². The molecule has 2 heterocycles. The lowest BCUT2D eigenvalue weighted by atomic mass is 10.1. The average Bonchev–Trinajstić information content (AvgIpc) is 3.35. The Kier molecular flexibility index (Phi) is 8.50. The molecule has 2 amide bonds. The van der Waals surface area contributed by atoms with Gasteiger partial charge in [0.05, 0.1) is 0 Å². The van der Waals surface area contributed by atoms with Crippen molar-refractivity contribution in [2.24, 2.45) is 0 Å². The van der Waals surface area contributed by atoms with Gasteiger partial charge in [-0.2, -0.15) is 0 Å². The highest BCUT2D eigenvalue weighted by Crippen LogP contribution is 2.21. The number of methoxy groups -OCH3 is 2. The van der Waals surface area contributed by atoms with Gasteiger partial charge in [0.2, 0.25) is 0 Å². The van der Waals surface area contributed by atoms with E-state index in [4.69, 9.17) is 9.47 Å². The molecule has 2 saturated heterocycles. The number of amides is 2. The first kappa shape index (κ1) is 21.6. The molecule has 2 aliphatic rings. The van der Waals surface area contributed by atoms with E-state index in [-0.39, 0.29) is 11.8 Å². The van der Waals surface area contributed by atoms with E-state index in [2.05, 4.69) is 0 Å². The number of hydrogen-bond acceptors (Lipinski definition) is 5. The molecule has 0 aromatic rings. The molecule has 8 heteroatoms. The van der Waals surface area contributed by atoms with Crippen LogP contribution < -0.4 is 0 Å². The van der Waals surface area contributed by atoms with Crippen molar-refractivity contribution in [3.8, 4) is 0 Å². The molecule has 2 rings (SSSR count). The molecule has 8 nitrogen and oxygen atoms in total. The van der Waals surface area contributed by atoms with E-state index >= 15 is 0 Å². The summed E-state index contributed by atoms with van der Waals surface area (Å²) in [4.78, 5) is 39.6. The summed E-state index contributed by atoms with van der Waals surface area (Å²) >= 11 is 0. The molecule has 0 aromatic heterocycles.